The van der Waals surface area contributed by atoms with E-state index >= 15 is 0 Å². The number of aliphatic imine (C=N–C) groups is 1. The number of nitrogens with two attached hydrogens (primary N) is 3. The summed E-state index contributed by atoms with van der Waals surface area (Å²) in [5, 5.41) is 28.2. The number of benzene rings is 1. The number of para-hydroxylation sites is 1. The number of guanidine groups is 1. The molecule has 1 aromatic heterocycles. The fourth-order valence-electron chi connectivity index (χ4n) is 4.09. The van der Waals surface area contributed by atoms with Gasteiger partial charge in [0.2, 0.25) is 17.7 Å². The minimum Gasteiger partial charge on any atom is -0.480 e. The summed E-state index contributed by atoms with van der Waals surface area (Å²) in [6, 6.07) is 2.76. The van der Waals surface area contributed by atoms with Crippen LogP contribution in [0.2, 0.25) is 0 Å². The summed E-state index contributed by atoms with van der Waals surface area (Å²) in [4.78, 5) is 57.6. The van der Waals surface area contributed by atoms with Gasteiger partial charge in [0.25, 0.3) is 0 Å². The number of carboxylic acids is 1. The van der Waals surface area contributed by atoms with Gasteiger partial charge in [0.1, 0.15) is 18.1 Å². The average molecular weight is 593 g/mol. The fraction of sp³-hybridized carbons (Fsp3) is 0.500. The van der Waals surface area contributed by atoms with Crippen LogP contribution in [-0.2, 0) is 25.6 Å². The highest BCUT2D eigenvalue weighted by molar-refractivity contribution is 7.98. The predicted octanol–water partition coefficient (Wildman–Crippen LogP) is -1.24. The molecular formula is C26H40N8O6S. The van der Waals surface area contributed by atoms with Crippen LogP contribution in [0.5, 0.6) is 0 Å². The molecule has 0 bridgehead atoms. The van der Waals surface area contributed by atoms with E-state index in [1.165, 1.54) is 18.7 Å². The lowest BCUT2D eigenvalue weighted by Crippen LogP contribution is -2.60. The zero-order chi connectivity index (χ0) is 30.5. The molecule has 1 aromatic carbocycles. The number of amides is 3. The lowest BCUT2D eigenvalue weighted by atomic mass is 10.0. The first kappa shape index (κ1) is 33.4. The SMILES string of the molecule is CSCCC(NC(=O)C(NC(=O)C(N)Cc1c[nH]c2ccccc12)C(C)O)C(=O)NC(CCCN=C(N)N)C(=O)O. The highest BCUT2D eigenvalue weighted by Gasteiger charge is 2.32. The van der Waals surface area contributed by atoms with Crippen LogP contribution in [-0.4, -0.2) is 93.7 Å². The Balaban J connectivity index is 2.06. The van der Waals surface area contributed by atoms with Crippen LogP contribution < -0.4 is 33.2 Å². The lowest BCUT2D eigenvalue weighted by Gasteiger charge is -2.26. The number of hydrogen-bond donors (Lipinski definition) is 9. The van der Waals surface area contributed by atoms with Gasteiger partial charge in [0.05, 0.1) is 12.1 Å². The molecule has 2 rings (SSSR count). The number of nitrogens with zero attached hydrogens (tertiary/aromatic N) is 1. The molecule has 0 aliphatic carbocycles. The third kappa shape index (κ3) is 10.6. The number of aliphatic hydroxyl groups excluding tert-OH is 1. The fourth-order valence-corrected chi connectivity index (χ4v) is 4.57. The number of H-pyrrole nitrogens is 1. The Morgan fingerprint density at radius 2 is 1.71 bits per heavy atom. The number of aromatic amines is 1. The molecule has 0 radical (unpaired) electrons. The van der Waals surface area contributed by atoms with Crippen molar-refractivity contribution in [1.82, 2.24) is 20.9 Å². The highest BCUT2D eigenvalue weighted by Crippen LogP contribution is 2.19. The summed E-state index contributed by atoms with van der Waals surface area (Å²) >= 11 is 1.43. The second-order valence-electron chi connectivity index (χ2n) is 9.59. The molecule has 0 fully saturated rings. The van der Waals surface area contributed by atoms with E-state index in [4.69, 9.17) is 17.2 Å². The number of carbonyl (C=O) groups excluding carboxylic acids is 3. The Kier molecular flexibility index (Phi) is 13.4. The summed E-state index contributed by atoms with van der Waals surface area (Å²) in [5.41, 5.74) is 18.4. The number of aliphatic hydroxyl groups is 1. The minimum atomic E-state index is -1.41. The Bertz CT molecular complexity index is 1220. The second-order valence-corrected chi connectivity index (χ2v) is 10.6. The van der Waals surface area contributed by atoms with Gasteiger partial charge in [-0.25, -0.2) is 4.79 Å². The Hall–Kier alpha value is -3.82. The second kappa shape index (κ2) is 16.4. The van der Waals surface area contributed by atoms with Gasteiger partial charge in [-0.05, 0) is 56.2 Å². The number of hydrogen-bond acceptors (Lipinski definition) is 8. The largest absolute Gasteiger partial charge is 0.480 e. The minimum absolute atomic E-state index is 0.0573. The number of rotatable bonds is 17. The van der Waals surface area contributed by atoms with Crippen molar-refractivity contribution in [2.75, 3.05) is 18.6 Å². The van der Waals surface area contributed by atoms with Gasteiger partial charge in [0.15, 0.2) is 5.96 Å². The molecule has 12 N–H and O–H groups in total. The molecule has 0 spiro atoms. The van der Waals surface area contributed by atoms with Gasteiger partial charge < -0.3 is 48.3 Å². The zero-order valence-corrected chi connectivity index (χ0v) is 23.9. The van der Waals surface area contributed by atoms with E-state index < -0.39 is 54.0 Å². The van der Waals surface area contributed by atoms with Gasteiger partial charge in [-0.1, -0.05) is 18.2 Å². The molecule has 2 aromatic rings. The van der Waals surface area contributed by atoms with Crippen molar-refractivity contribution in [3.05, 3.63) is 36.0 Å². The molecular weight excluding hydrogens is 552 g/mol. The molecule has 5 atom stereocenters. The summed E-state index contributed by atoms with van der Waals surface area (Å²) in [6.07, 6.45) is 2.98. The van der Waals surface area contributed by atoms with Crippen LogP contribution in [0.15, 0.2) is 35.5 Å². The number of thioether (sulfide) groups is 1. The maximum Gasteiger partial charge on any atom is 0.326 e. The predicted molar refractivity (Wildman–Crippen MR) is 158 cm³/mol. The third-order valence-corrected chi connectivity index (χ3v) is 6.96. The number of nitrogens with one attached hydrogen (secondary N) is 4. The molecule has 5 unspecified atom stereocenters. The smallest absolute Gasteiger partial charge is 0.326 e. The Morgan fingerprint density at radius 1 is 1.02 bits per heavy atom. The van der Waals surface area contributed by atoms with Gasteiger partial charge in [-0.15, -0.1) is 0 Å². The Morgan fingerprint density at radius 3 is 2.34 bits per heavy atom. The van der Waals surface area contributed by atoms with E-state index in [0.717, 1.165) is 16.5 Å². The molecule has 1 heterocycles. The van der Waals surface area contributed by atoms with Crippen LogP contribution in [0.3, 0.4) is 0 Å². The quantitative estimate of drug-likeness (QED) is 0.0600. The first-order valence-corrected chi connectivity index (χ1v) is 14.5. The summed E-state index contributed by atoms with van der Waals surface area (Å²) in [5.74, 6) is -3.09. The molecule has 0 aliphatic heterocycles. The van der Waals surface area contributed by atoms with Crippen LogP contribution in [0.1, 0.15) is 31.7 Å². The van der Waals surface area contributed by atoms with Crippen molar-refractivity contribution < 1.29 is 29.4 Å². The maximum absolute atomic E-state index is 13.1. The lowest BCUT2D eigenvalue weighted by molar-refractivity contribution is -0.142. The number of carbonyl (C=O) groups is 4. The number of carboxylic acid groups (broad SMARTS) is 1. The van der Waals surface area contributed by atoms with Crippen LogP contribution in [0.4, 0.5) is 0 Å². The maximum atomic E-state index is 13.1. The number of aliphatic carboxylic acids is 1. The monoisotopic (exact) mass is 592 g/mol. The third-order valence-electron chi connectivity index (χ3n) is 6.32. The van der Waals surface area contributed by atoms with Crippen molar-refractivity contribution in [1.29, 1.82) is 0 Å². The van der Waals surface area contributed by atoms with E-state index in [2.05, 4.69) is 25.9 Å². The standard InChI is InChI=1S/C26H40N8O6S/c1-14(35)21(34-22(36)17(27)12-15-13-31-18-7-4-3-6-16(15)18)24(38)32-19(9-11-41-2)23(37)33-20(25(39)40)8-5-10-30-26(28)29/h3-4,6-7,13-14,17,19-21,31,35H,5,8-12,27H2,1-2H3,(H,32,38)(H,33,37)(H,34,36)(H,39,40)(H4,28,29,30). The molecule has 0 aliphatic rings. The summed E-state index contributed by atoms with van der Waals surface area (Å²) in [6.45, 7) is 1.51. The summed E-state index contributed by atoms with van der Waals surface area (Å²) < 4.78 is 0. The molecule has 15 heteroatoms. The Labute approximate surface area is 242 Å². The van der Waals surface area contributed by atoms with Gasteiger partial charge in [-0.2, -0.15) is 11.8 Å². The molecule has 0 saturated heterocycles. The van der Waals surface area contributed by atoms with Crippen molar-refractivity contribution in [2.45, 2.75) is 62.9 Å². The highest BCUT2D eigenvalue weighted by atomic mass is 32.2. The van der Waals surface area contributed by atoms with E-state index in [1.54, 1.807) is 6.20 Å². The van der Waals surface area contributed by atoms with E-state index in [1.807, 2.05) is 30.5 Å². The van der Waals surface area contributed by atoms with Gasteiger partial charge >= 0.3 is 5.97 Å². The van der Waals surface area contributed by atoms with Crippen molar-refractivity contribution in [3.8, 4) is 0 Å². The van der Waals surface area contributed by atoms with E-state index in [9.17, 15) is 29.4 Å². The van der Waals surface area contributed by atoms with E-state index in [0.29, 0.717) is 12.2 Å². The molecule has 41 heavy (non-hydrogen) atoms. The average Bonchev–Trinajstić information content (AvgIpc) is 3.32. The van der Waals surface area contributed by atoms with Crippen LogP contribution in [0, 0.1) is 0 Å². The normalized spacial score (nSPS) is 14.7. The van der Waals surface area contributed by atoms with Gasteiger partial charge in [-0.3, -0.25) is 19.4 Å². The first-order valence-electron chi connectivity index (χ1n) is 13.1. The number of fused-ring (bicyclic) bond motifs is 1. The van der Waals surface area contributed by atoms with Crippen molar-refractivity contribution in [2.24, 2.45) is 22.2 Å². The van der Waals surface area contributed by atoms with E-state index in [-0.39, 0.29) is 31.8 Å². The summed E-state index contributed by atoms with van der Waals surface area (Å²) in [7, 11) is 0. The van der Waals surface area contributed by atoms with Crippen LogP contribution >= 0.6 is 11.8 Å². The molecule has 3 amide bonds. The molecule has 226 valence electrons. The topological polar surface area (TPSA) is 251 Å². The first-order chi connectivity index (χ1) is 19.4. The van der Waals surface area contributed by atoms with Crippen molar-refractivity contribution in [3.63, 3.8) is 0 Å². The van der Waals surface area contributed by atoms with Crippen LogP contribution in [0.25, 0.3) is 10.9 Å². The zero-order valence-electron chi connectivity index (χ0n) is 23.1. The molecule has 14 nitrogen and oxygen atoms in total. The van der Waals surface area contributed by atoms with Gasteiger partial charge in [0, 0.05) is 23.6 Å². The van der Waals surface area contributed by atoms with Crippen molar-refractivity contribution >= 4 is 52.3 Å². The molecule has 0 saturated carbocycles. The number of aromatic nitrogens is 1.